The molecule has 9 heteroatoms. The lowest BCUT2D eigenvalue weighted by Gasteiger charge is -2.19. The van der Waals surface area contributed by atoms with Crippen LogP contribution in [0.25, 0.3) is 11.3 Å². The molecule has 0 saturated heterocycles. The Kier molecular flexibility index (Phi) is 7.75. The van der Waals surface area contributed by atoms with Gasteiger partial charge in [-0.3, -0.25) is 0 Å². The van der Waals surface area contributed by atoms with Gasteiger partial charge in [0, 0.05) is 17.0 Å². The number of aryl methyl sites for hydroxylation is 1. The number of halogens is 2. The maximum Gasteiger partial charge on any atom is 0.341 e. The van der Waals surface area contributed by atoms with Gasteiger partial charge in [0.25, 0.3) is 6.79 Å². The van der Waals surface area contributed by atoms with Crippen LogP contribution in [0.4, 0.5) is 0 Å². The Labute approximate surface area is 241 Å². The molecule has 0 amide bonds. The summed E-state index contributed by atoms with van der Waals surface area (Å²) in [5.41, 5.74) is 5.54. The summed E-state index contributed by atoms with van der Waals surface area (Å²) >= 11 is 13.0. The van der Waals surface area contributed by atoms with Gasteiger partial charge in [-0.25, -0.2) is 4.79 Å². The lowest BCUT2D eigenvalue weighted by Crippen LogP contribution is -2.14. The van der Waals surface area contributed by atoms with Crippen molar-refractivity contribution in [2.45, 2.75) is 44.6 Å². The van der Waals surface area contributed by atoms with Crippen LogP contribution in [0.15, 0.2) is 76.4 Å². The minimum absolute atomic E-state index is 0.256. The SMILES string of the molecule is O=C(OCON=C1CCCc2cc(OCc3c(-c4c(Cl)cccc4Cl)noc3C3CC3)ccc21)c1ccccc1. The van der Waals surface area contributed by atoms with Crippen molar-refractivity contribution in [3.05, 3.63) is 105 Å². The number of hydrogen-bond donors (Lipinski definition) is 0. The summed E-state index contributed by atoms with van der Waals surface area (Å²) in [5, 5.41) is 9.63. The summed E-state index contributed by atoms with van der Waals surface area (Å²) in [6.07, 6.45) is 4.72. The molecule has 2 aliphatic carbocycles. The second-order valence-corrected chi connectivity index (χ2v) is 10.6. The molecule has 7 nitrogen and oxygen atoms in total. The van der Waals surface area contributed by atoms with Crippen molar-refractivity contribution >= 4 is 34.9 Å². The Balaban J connectivity index is 1.14. The molecule has 204 valence electrons. The van der Waals surface area contributed by atoms with Crippen molar-refractivity contribution in [3.63, 3.8) is 0 Å². The van der Waals surface area contributed by atoms with Crippen LogP contribution in [0.5, 0.6) is 5.75 Å². The van der Waals surface area contributed by atoms with Crippen molar-refractivity contribution in [2.75, 3.05) is 6.79 Å². The van der Waals surface area contributed by atoms with Gasteiger partial charge in [-0.05, 0) is 80.1 Å². The van der Waals surface area contributed by atoms with Crippen LogP contribution in [0, 0.1) is 0 Å². The lowest BCUT2D eigenvalue weighted by atomic mass is 9.90. The van der Waals surface area contributed by atoms with Crippen LogP contribution >= 0.6 is 23.2 Å². The molecule has 1 saturated carbocycles. The molecule has 0 N–H and O–H groups in total. The summed E-state index contributed by atoms with van der Waals surface area (Å²) in [5.74, 6) is 1.46. The normalized spacial score (nSPS) is 15.5. The van der Waals surface area contributed by atoms with Crippen molar-refractivity contribution < 1.29 is 23.6 Å². The molecule has 4 aromatic rings. The number of hydrogen-bond acceptors (Lipinski definition) is 7. The number of rotatable bonds is 9. The number of fused-ring (bicyclic) bond motifs is 1. The second-order valence-electron chi connectivity index (χ2n) is 9.79. The third-order valence-electron chi connectivity index (χ3n) is 7.02. The van der Waals surface area contributed by atoms with E-state index in [9.17, 15) is 4.79 Å². The van der Waals surface area contributed by atoms with Gasteiger partial charge in [0.1, 0.15) is 23.8 Å². The molecule has 1 heterocycles. The first-order valence-electron chi connectivity index (χ1n) is 13.2. The molecule has 1 fully saturated rings. The van der Waals surface area contributed by atoms with E-state index in [2.05, 4.69) is 10.3 Å². The Bertz CT molecular complexity index is 1540. The summed E-state index contributed by atoms with van der Waals surface area (Å²) in [4.78, 5) is 17.4. The van der Waals surface area contributed by atoms with Gasteiger partial charge in [-0.15, -0.1) is 0 Å². The molecule has 40 heavy (non-hydrogen) atoms. The van der Waals surface area contributed by atoms with E-state index in [1.54, 1.807) is 42.5 Å². The van der Waals surface area contributed by atoms with Crippen molar-refractivity contribution in [3.8, 4) is 17.0 Å². The highest BCUT2D eigenvalue weighted by molar-refractivity contribution is 6.39. The standard InChI is InChI=1S/C31H26Cl2N2O5/c32-25-9-5-10-26(33)28(25)29-24(30(40-35-29)19-12-13-19)17-37-22-14-15-23-21(16-22)8-4-11-27(23)34-39-18-38-31(36)20-6-2-1-3-7-20/h1-3,5-7,9-10,14-16,19H,4,8,11-13,17-18H2. The van der Waals surface area contributed by atoms with E-state index in [1.807, 2.05) is 24.3 Å². The van der Waals surface area contributed by atoms with Crippen LogP contribution in [0.2, 0.25) is 10.0 Å². The number of carbonyl (C=O) groups is 1. The first-order valence-corrected chi connectivity index (χ1v) is 13.9. The van der Waals surface area contributed by atoms with E-state index in [1.165, 1.54) is 0 Å². The van der Waals surface area contributed by atoms with Gasteiger partial charge < -0.3 is 18.8 Å². The highest BCUT2D eigenvalue weighted by atomic mass is 35.5. The zero-order valence-electron chi connectivity index (χ0n) is 21.6. The van der Waals surface area contributed by atoms with E-state index < -0.39 is 5.97 Å². The molecule has 0 spiro atoms. The molecule has 0 aliphatic heterocycles. The number of carbonyl (C=O) groups excluding carboxylic acids is 1. The molecular weight excluding hydrogens is 551 g/mol. The Morgan fingerprint density at radius 1 is 1.00 bits per heavy atom. The summed E-state index contributed by atoms with van der Waals surface area (Å²) in [6, 6.07) is 20.1. The number of benzene rings is 3. The largest absolute Gasteiger partial charge is 0.489 e. The van der Waals surface area contributed by atoms with Gasteiger partial charge in [-0.1, -0.05) is 57.8 Å². The van der Waals surface area contributed by atoms with E-state index in [-0.39, 0.29) is 13.4 Å². The van der Waals surface area contributed by atoms with Gasteiger partial charge in [0.05, 0.1) is 26.9 Å². The van der Waals surface area contributed by atoms with Crippen LogP contribution in [-0.2, 0) is 22.6 Å². The predicted molar refractivity (Wildman–Crippen MR) is 152 cm³/mol. The average Bonchev–Trinajstić information content (AvgIpc) is 3.74. The first kappa shape index (κ1) is 26.4. The molecule has 0 atom stereocenters. The predicted octanol–water partition coefficient (Wildman–Crippen LogP) is 7.98. The Morgan fingerprint density at radius 3 is 2.58 bits per heavy atom. The van der Waals surface area contributed by atoms with Crippen LogP contribution in [0.3, 0.4) is 0 Å². The molecule has 6 rings (SSSR count). The maximum atomic E-state index is 12.1. The third kappa shape index (κ3) is 5.71. The molecular formula is C31H26Cl2N2O5. The van der Waals surface area contributed by atoms with E-state index in [0.29, 0.717) is 32.8 Å². The summed E-state index contributed by atoms with van der Waals surface area (Å²) in [7, 11) is 0. The Morgan fingerprint density at radius 2 is 1.80 bits per heavy atom. The smallest absolute Gasteiger partial charge is 0.341 e. The molecule has 0 unspecified atom stereocenters. The van der Waals surface area contributed by atoms with Crippen LogP contribution in [-0.4, -0.2) is 23.6 Å². The van der Waals surface area contributed by atoms with E-state index in [4.69, 9.17) is 42.0 Å². The highest BCUT2D eigenvalue weighted by Gasteiger charge is 2.33. The molecule has 0 bridgehead atoms. The van der Waals surface area contributed by atoms with Crippen LogP contribution < -0.4 is 4.74 Å². The number of oxime groups is 1. The van der Waals surface area contributed by atoms with Gasteiger partial charge in [-0.2, -0.15) is 0 Å². The fourth-order valence-corrected chi connectivity index (χ4v) is 5.45. The van der Waals surface area contributed by atoms with Crippen molar-refractivity contribution in [1.29, 1.82) is 0 Å². The zero-order valence-corrected chi connectivity index (χ0v) is 23.1. The molecule has 3 aromatic carbocycles. The maximum absolute atomic E-state index is 12.1. The summed E-state index contributed by atoms with van der Waals surface area (Å²) < 4.78 is 17.2. The molecule has 0 radical (unpaired) electrons. The van der Waals surface area contributed by atoms with Crippen molar-refractivity contribution in [1.82, 2.24) is 5.16 Å². The minimum atomic E-state index is -0.454. The van der Waals surface area contributed by atoms with Gasteiger partial charge in [0.2, 0.25) is 0 Å². The fourth-order valence-electron chi connectivity index (χ4n) is 4.87. The monoisotopic (exact) mass is 576 g/mol. The lowest BCUT2D eigenvalue weighted by molar-refractivity contribution is -0.0300. The minimum Gasteiger partial charge on any atom is -0.489 e. The Hall–Kier alpha value is -3.81. The zero-order chi connectivity index (χ0) is 27.5. The number of nitrogens with zero attached hydrogens (tertiary/aromatic N) is 2. The average molecular weight is 577 g/mol. The second kappa shape index (κ2) is 11.7. The van der Waals surface area contributed by atoms with E-state index >= 15 is 0 Å². The quantitative estimate of drug-likeness (QED) is 0.0868. The topological polar surface area (TPSA) is 83.2 Å². The fraction of sp³-hybridized carbons (Fsp3) is 0.258. The van der Waals surface area contributed by atoms with Gasteiger partial charge >= 0.3 is 5.97 Å². The van der Waals surface area contributed by atoms with Crippen molar-refractivity contribution in [2.24, 2.45) is 5.16 Å². The summed E-state index contributed by atoms with van der Waals surface area (Å²) in [6.45, 7) is 0.0233. The highest BCUT2D eigenvalue weighted by Crippen LogP contribution is 2.46. The number of aromatic nitrogens is 1. The van der Waals surface area contributed by atoms with Gasteiger partial charge in [0.15, 0.2) is 0 Å². The number of esters is 1. The van der Waals surface area contributed by atoms with E-state index in [0.717, 1.165) is 66.0 Å². The first-order chi connectivity index (χ1) is 19.6. The number of ether oxygens (including phenoxy) is 2. The van der Waals surface area contributed by atoms with Crippen LogP contribution in [0.1, 0.15) is 64.4 Å². The molecule has 1 aromatic heterocycles. The third-order valence-corrected chi connectivity index (χ3v) is 7.65. The molecule has 2 aliphatic rings.